The summed E-state index contributed by atoms with van der Waals surface area (Å²) in [6.45, 7) is 0.575. The van der Waals surface area contributed by atoms with Crippen LogP contribution in [0, 0.1) is 0 Å². The third-order valence-corrected chi connectivity index (χ3v) is 4.24. The van der Waals surface area contributed by atoms with Crippen LogP contribution in [0.3, 0.4) is 0 Å². The lowest BCUT2D eigenvalue weighted by atomic mass is 9.88. The van der Waals surface area contributed by atoms with E-state index in [0.29, 0.717) is 22.9 Å². The summed E-state index contributed by atoms with van der Waals surface area (Å²) in [5, 5.41) is 10.7. The first-order valence-electron chi connectivity index (χ1n) is 6.11. The fourth-order valence-electron chi connectivity index (χ4n) is 2.41. The summed E-state index contributed by atoms with van der Waals surface area (Å²) in [7, 11) is 0. The number of carboxylic acid groups (broad SMARTS) is 1. The highest BCUT2D eigenvalue weighted by Crippen LogP contribution is 2.37. The third kappa shape index (κ3) is 3.26. The molecule has 3 nitrogen and oxygen atoms in total. The minimum absolute atomic E-state index is 0.0812. The van der Waals surface area contributed by atoms with Gasteiger partial charge < -0.3 is 14.8 Å². The van der Waals surface area contributed by atoms with Crippen LogP contribution in [0.1, 0.15) is 29.9 Å². The van der Waals surface area contributed by atoms with Gasteiger partial charge in [-0.15, -0.1) is 0 Å². The lowest BCUT2D eigenvalue weighted by molar-refractivity contribution is -0.266. The quantitative estimate of drug-likeness (QED) is 0.781. The lowest BCUT2D eigenvalue weighted by Crippen LogP contribution is -2.45. The highest BCUT2D eigenvalue weighted by Gasteiger charge is 2.32. The van der Waals surface area contributed by atoms with Crippen LogP contribution in [-0.4, -0.2) is 24.1 Å². The maximum Gasteiger partial charge on any atom is 0.416 e. The largest absolute Gasteiger partial charge is 0.530 e. The summed E-state index contributed by atoms with van der Waals surface area (Å²) in [6, 6.07) is 3.57. The Morgan fingerprint density at radius 3 is 2.40 bits per heavy atom. The molecule has 0 bridgehead atoms. The highest BCUT2D eigenvalue weighted by atomic mass is 79.9. The van der Waals surface area contributed by atoms with E-state index in [0.717, 1.165) is 12.1 Å². The van der Waals surface area contributed by atoms with E-state index in [4.69, 9.17) is 0 Å². The molecule has 1 aliphatic rings. The van der Waals surface area contributed by atoms with Gasteiger partial charge in [-0.25, -0.2) is 0 Å². The Labute approximate surface area is 122 Å². The predicted octanol–water partition coefficient (Wildman–Crippen LogP) is 2.99. The number of nitrogens with zero attached hydrogens (tertiary/aromatic N) is 1. The van der Waals surface area contributed by atoms with E-state index in [-0.39, 0.29) is 19.0 Å². The number of alkyl halides is 3. The van der Waals surface area contributed by atoms with E-state index >= 15 is 0 Å². The van der Waals surface area contributed by atoms with Gasteiger partial charge in [-0.1, -0.05) is 15.9 Å². The van der Waals surface area contributed by atoms with E-state index in [9.17, 15) is 23.1 Å². The van der Waals surface area contributed by atoms with Crippen molar-refractivity contribution in [3.05, 3.63) is 33.8 Å². The molecule has 0 aliphatic carbocycles. The maximum absolute atomic E-state index is 12.7. The first kappa shape index (κ1) is 15.2. The summed E-state index contributed by atoms with van der Waals surface area (Å²) in [6.07, 6.45) is -4.62. The highest BCUT2D eigenvalue weighted by molar-refractivity contribution is 9.10. The van der Waals surface area contributed by atoms with Crippen LogP contribution in [-0.2, 0) is 6.18 Å². The Hall–Kier alpha value is -1.24. The van der Waals surface area contributed by atoms with Crippen LogP contribution in [0.4, 0.5) is 18.0 Å². The Morgan fingerprint density at radius 1 is 1.30 bits per heavy atom. The molecular formula is C13H12BrF3NO2-. The summed E-state index contributed by atoms with van der Waals surface area (Å²) >= 11 is 3.27. The molecule has 0 aromatic heterocycles. The van der Waals surface area contributed by atoms with Crippen LogP contribution >= 0.6 is 15.9 Å². The Kier molecular flexibility index (Phi) is 4.27. The van der Waals surface area contributed by atoms with E-state index in [1.807, 2.05) is 0 Å². The molecule has 0 spiro atoms. The number of amides is 1. The zero-order chi connectivity index (χ0) is 14.9. The molecule has 110 valence electrons. The average molecular weight is 351 g/mol. The molecule has 1 heterocycles. The van der Waals surface area contributed by atoms with Crippen molar-refractivity contribution in [2.45, 2.75) is 24.9 Å². The molecule has 0 N–H and O–H groups in total. The van der Waals surface area contributed by atoms with Crippen LogP contribution in [0.25, 0.3) is 0 Å². The van der Waals surface area contributed by atoms with E-state index in [2.05, 4.69) is 15.9 Å². The fraction of sp³-hybridized carbons (Fsp3) is 0.462. The van der Waals surface area contributed by atoms with Crippen molar-refractivity contribution in [3.8, 4) is 0 Å². The number of hydrogen-bond acceptors (Lipinski definition) is 2. The maximum atomic E-state index is 12.7. The van der Waals surface area contributed by atoms with Crippen LogP contribution in [0.15, 0.2) is 22.7 Å². The molecule has 1 aromatic rings. The van der Waals surface area contributed by atoms with Gasteiger partial charge in [0.1, 0.15) is 6.09 Å². The summed E-state index contributed by atoms with van der Waals surface area (Å²) in [5.41, 5.74) is -0.101. The first-order valence-corrected chi connectivity index (χ1v) is 6.91. The smallest absolute Gasteiger partial charge is 0.416 e. The van der Waals surface area contributed by atoms with E-state index in [1.165, 1.54) is 11.0 Å². The third-order valence-electron chi connectivity index (χ3n) is 3.52. The number of halogens is 4. The van der Waals surface area contributed by atoms with Crippen LogP contribution in [0.2, 0.25) is 0 Å². The summed E-state index contributed by atoms with van der Waals surface area (Å²) in [5.74, 6) is -0.0812. The molecule has 1 aliphatic heterocycles. The molecule has 0 unspecified atom stereocenters. The van der Waals surface area contributed by atoms with Gasteiger partial charge in [-0.3, -0.25) is 0 Å². The minimum atomic E-state index is -4.37. The normalized spacial score (nSPS) is 17.3. The van der Waals surface area contributed by atoms with Gasteiger partial charge in [-0.2, -0.15) is 13.2 Å². The van der Waals surface area contributed by atoms with Crippen molar-refractivity contribution in [1.82, 2.24) is 4.90 Å². The molecule has 1 saturated heterocycles. The zero-order valence-electron chi connectivity index (χ0n) is 10.4. The molecule has 2 rings (SSSR count). The zero-order valence-corrected chi connectivity index (χ0v) is 12.0. The summed E-state index contributed by atoms with van der Waals surface area (Å²) < 4.78 is 38.8. The number of rotatable bonds is 1. The van der Waals surface area contributed by atoms with Crippen molar-refractivity contribution in [3.63, 3.8) is 0 Å². The SMILES string of the molecule is O=C([O-])N1CCC(c2cc(C(F)(F)F)ccc2Br)CC1. The second kappa shape index (κ2) is 5.63. The Balaban J connectivity index is 2.19. The molecular weight excluding hydrogens is 339 g/mol. The van der Waals surface area contributed by atoms with Crippen molar-refractivity contribution in [2.24, 2.45) is 0 Å². The van der Waals surface area contributed by atoms with Gasteiger partial charge in [0.2, 0.25) is 0 Å². The number of likely N-dealkylation sites (tertiary alicyclic amines) is 1. The Morgan fingerprint density at radius 2 is 1.90 bits per heavy atom. The van der Waals surface area contributed by atoms with Gasteiger partial charge in [0.15, 0.2) is 0 Å². The standard InChI is InChI=1S/C13H13BrF3NO2/c14-11-2-1-9(13(15,16)17)7-10(11)8-3-5-18(6-4-8)12(19)20/h1-2,7-8H,3-6H2,(H,19,20)/p-1. The first-order chi connectivity index (χ1) is 9.29. The minimum Gasteiger partial charge on any atom is -0.530 e. The van der Waals surface area contributed by atoms with Crippen LogP contribution < -0.4 is 5.11 Å². The average Bonchev–Trinajstić information content (AvgIpc) is 2.38. The number of carbonyl (C=O) groups is 1. The monoisotopic (exact) mass is 350 g/mol. The number of benzene rings is 1. The molecule has 7 heteroatoms. The second-order valence-electron chi connectivity index (χ2n) is 4.76. The molecule has 0 atom stereocenters. The molecule has 1 aromatic carbocycles. The van der Waals surface area contributed by atoms with Crippen molar-refractivity contribution in [2.75, 3.05) is 13.1 Å². The molecule has 0 radical (unpaired) electrons. The lowest BCUT2D eigenvalue weighted by Gasteiger charge is -2.34. The number of hydrogen-bond donors (Lipinski definition) is 0. The van der Waals surface area contributed by atoms with E-state index < -0.39 is 17.8 Å². The van der Waals surface area contributed by atoms with Gasteiger partial charge in [0.05, 0.1) is 5.56 Å². The molecule has 1 amide bonds. The van der Waals surface area contributed by atoms with Gasteiger partial charge in [-0.05, 0) is 42.5 Å². The van der Waals surface area contributed by atoms with Crippen molar-refractivity contribution in [1.29, 1.82) is 0 Å². The van der Waals surface area contributed by atoms with Crippen LogP contribution in [0.5, 0.6) is 0 Å². The molecule has 20 heavy (non-hydrogen) atoms. The Bertz CT molecular complexity index is 511. The van der Waals surface area contributed by atoms with Crippen molar-refractivity contribution < 1.29 is 23.1 Å². The fourth-order valence-corrected chi connectivity index (χ4v) is 2.98. The number of carbonyl (C=O) groups excluding carboxylic acids is 1. The van der Waals surface area contributed by atoms with Gasteiger partial charge >= 0.3 is 6.18 Å². The predicted molar refractivity (Wildman–Crippen MR) is 68.1 cm³/mol. The number of piperidine rings is 1. The van der Waals surface area contributed by atoms with E-state index in [1.54, 1.807) is 0 Å². The van der Waals surface area contributed by atoms with Crippen molar-refractivity contribution >= 4 is 22.0 Å². The topological polar surface area (TPSA) is 43.4 Å². The second-order valence-corrected chi connectivity index (χ2v) is 5.62. The van der Waals surface area contributed by atoms with Gasteiger partial charge in [0, 0.05) is 17.6 Å². The van der Waals surface area contributed by atoms with Gasteiger partial charge in [0.25, 0.3) is 0 Å². The summed E-state index contributed by atoms with van der Waals surface area (Å²) in [4.78, 5) is 11.9. The molecule has 1 fully saturated rings. The molecule has 0 saturated carbocycles.